The van der Waals surface area contributed by atoms with Gasteiger partial charge in [-0.25, -0.2) is 4.79 Å². The minimum Gasteiger partial charge on any atom is -0.481 e. The smallest absolute Gasteiger partial charge is 0.407 e. The maximum absolute atomic E-state index is 12.7. The van der Waals surface area contributed by atoms with Gasteiger partial charge in [-0.05, 0) is 54.4 Å². The summed E-state index contributed by atoms with van der Waals surface area (Å²) in [5, 5.41) is 15.1. The van der Waals surface area contributed by atoms with Crippen molar-refractivity contribution >= 4 is 18.0 Å². The first-order chi connectivity index (χ1) is 17.0. The molecule has 0 aromatic heterocycles. The van der Waals surface area contributed by atoms with Crippen LogP contribution >= 0.6 is 0 Å². The molecule has 3 N–H and O–H groups in total. The molecular formula is C28H30N2O5. The quantitative estimate of drug-likeness (QED) is 0.577. The largest absolute Gasteiger partial charge is 0.481 e. The van der Waals surface area contributed by atoms with Gasteiger partial charge in [0.15, 0.2) is 0 Å². The second-order valence-corrected chi connectivity index (χ2v) is 9.71. The molecule has 3 atom stereocenters. The molecule has 1 fully saturated rings. The number of hydrogen-bond donors (Lipinski definition) is 3. The van der Waals surface area contributed by atoms with Crippen LogP contribution in [0, 0.1) is 5.92 Å². The van der Waals surface area contributed by atoms with Crippen LogP contribution < -0.4 is 10.6 Å². The van der Waals surface area contributed by atoms with Gasteiger partial charge in [0.25, 0.3) is 0 Å². The van der Waals surface area contributed by atoms with E-state index >= 15 is 0 Å². The highest BCUT2D eigenvalue weighted by atomic mass is 16.5. The minimum atomic E-state index is -0.795. The second-order valence-electron chi connectivity index (χ2n) is 9.71. The first kappa shape index (κ1) is 23.1. The number of benzene rings is 2. The van der Waals surface area contributed by atoms with E-state index in [9.17, 15) is 19.5 Å². The van der Waals surface area contributed by atoms with Gasteiger partial charge in [0, 0.05) is 23.6 Å². The third-order valence-electron chi connectivity index (χ3n) is 7.43. The van der Waals surface area contributed by atoms with Gasteiger partial charge in [-0.15, -0.1) is 0 Å². The van der Waals surface area contributed by atoms with E-state index in [0.29, 0.717) is 31.3 Å². The van der Waals surface area contributed by atoms with Crippen molar-refractivity contribution in [3.63, 3.8) is 0 Å². The average molecular weight is 475 g/mol. The maximum atomic E-state index is 12.7. The van der Waals surface area contributed by atoms with Crippen LogP contribution in [-0.2, 0) is 14.3 Å². The number of nitrogens with one attached hydrogen (secondary N) is 2. The van der Waals surface area contributed by atoms with Crippen LogP contribution in [-0.4, -0.2) is 41.8 Å². The van der Waals surface area contributed by atoms with Gasteiger partial charge in [-0.2, -0.15) is 0 Å². The molecule has 5 rings (SSSR count). The predicted octanol–water partition coefficient (Wildman–Crippen LogP) is 4.37. The molecule has 1 saturated carbocycles. The number of rotatable bonds is 6. The number of carboxylic acids is 1. The highest BCUT2D eigenvalue weighted by molar-refractivity contribution is 5.94. The third kappa shape index (κ3) is 4.94. The Bertz CT molecular complexity index is 1130. The molecule has 2 aromatic rings. The molecule has 0 heterocycles. The summed E-state index contributed by atoms with van der Waals surface area (Å²) in [6.07, 6.45) is 5.09. The van der Waals surface area contributed by atoms with E-state index < -0.39 is 18.0 Å². The Kier molecular flexibility index (Phi) is 6.57. The maximum Gasteiger partial charge on any atom is 0.407 e. The fourth-order valence-corrected chi connectivity index (χ4v) is 5.64. The molecule has 0 radical (unpaired) electrons. The van der Waals surface area contributed by atoms with Gasteiger partial charge in [0.05, 0.1) is 5.92 Å². The summed E-state index contributed by atoms with van der Waals surface area (Å²) in [5.74, 6) is -1.36. The van der Waals surface area contributed by atoms with Crippen molar-refractivity contribution in [2.75, 3.05) is 6.61 Å². The van der Waals surface area contributed by atoms with Crippen molar-refractivity contribution in [3.8, 4) is 11.1 Å². The van der Waals surface area contributed by atoms with Crippen LogP contribution in [0.3, 0.4) is 0 Å². The summed E-state index contributed by atoms with van der Waals surface area (Å²) in [5.41, 5.74) is 5.32. The van der Waals surface area contributed by atoms with Crippen LogP contribution in [0.5, 0.6) is 0 Å². The molecule has 0 bridgehead atoms. The van der Waals surface area contributed by atoms with Crippen molar-refractivity contribution in [1.29, 1.82) is 0 Å². The molecular weight excluding hydrogens is 444 g/mol. The zero-order chi connectivity index (χ0) is 24.4. The van der Waals surface area contributed by atoms with Crippen molar-refractivity contribution < 1.29 is 24.2 Å². The summed E-state index contributed by atoms with van der Waals surface area (Å²) in [7, 11) is 0. The van der Waals surface area contributed by atoms with E-state index in [0.717, 1.165) is 24.0 Å². The number of carboxylic acid groups (broad SMARTS) is 1. The van der Waals surface area contributed by atoms with Crippen LogP contribution in [0.15, 0.2) is 60.2 Å². The van der Waals surface area contributed by atoms with Crippen LogP contribution in [0.1, 0.15) is 55.6 Å². The summed E-state index contributed by atoms with van der Waals surface area (Å²) < 4.78 is 5.62. The Morgan fingerprint density at radius 3 is 2.29 bits per heavy atom. The summed E-state index contributed by atoms with van der Waals surface area (Å²) in [6.45, 7) is 0.250. The van der Waals surface area contributed by atoms with Crippen LogP contribution in [0.2, 0.25) is 0 Å². The number of aliphatic carboxylic acids is 1. The number of alkyl carbamates (subject to hydrolysis) is 1. The molecule has 3 aliphatic rings. The second kappa shape index (κ2) is 9.94. The van der Waals surface area contributed by atoms with E-state index in [1.54, 1.807) is 0 Å². The van der Waals surface area contributed by atoms with Gasteiger partial charge >= 0.3 is 12.1 Å². The molecule has 2 amide bonds. The van der Waals surface area contributed by atoms with Gasteiger partial charge < -0.3 is 20.5 Å². The lowest BCUT2D eigenvalue weighted by Gasteiger charge is -2.27. The number of amides is 2. The Labute approximate surface area is 204 Å². The third-order valence-corrected chi connectivity index (χ3v) is 7.43. The molecule has 0 aliphatic heterocycles. The molecule has 7 heteroatoms. The predicted molar refractivity (Wildman–Crippen MR) is 131 cm³/mol. The molecule has 0 saturated heterocycles. The van der Waals surface area contributed by atoms with Gasteiger partial charge in [0.1, 0.15) is 6.61 Å². The molecule has 0 spiro atoms. The average Bonchev–Trinajstić information content (AvgIpc) is 3.46. The molecule has 3 aliphatic carbocycles. The van der Waals surface area contributed by atoms with E-state index in [-0.39, 0.29) is 30.5 Å². The molecule has 35 heavy (non-hydrogen) atoms. The SMILES string of the molecule is O=C(NC1CC=C(C(=O)N[C@@H]2CCC[C@H](C(=O)O)C2)C1)OCC1c2ccccc2-c2ccccc21. The van der Waals surface area contributed by atoms with Crippen molar-refractivity contribution in [2.45, 2.75) is 56.5 Å². The van der Waals surface area contributed by atoms with Crippen molar-refractivity contribution in [1.82, 2.24) is 10.6 Å². The number of hydrogen-bond acceptors (Lipinski definition) is 4. The monoisotopic (exact) mass is 474 g/mol. The highest BCUT2D eigenvalue weighted by Gasteiger charge is 2.31. The van der Waals surface area contributed by atoms with Crippen LogP contribution in [0.25, 0.3) is 11.1 Å². The number of carbonyl (C=O) groups is 3. The normalized spacial score (nSPS) is 23.1. The van der Waals surface area contributed by atoms with E-state index in [4.69, 9.17) is 4.74 Å². The summed E-state index contributed by atoms with van der Waals surface area (Å²) in [6, 6.07) is 16.1. The lowest BCUT2D eigenvalue weighted by atomic mass is 9.85. The Balaban J connectivity index is 1.11. The number of fused-ring (bicyclic) bond motifs is 3. The zero-order valence-electron chi connectivity index (χ0n) is 19.5. The highest BCUT2D eigenvalue weighted by Crippen LogP contribution is 2.44. The number of carbonyl (C=O) groups excluding carboxylic acids is 2. The summed E-state index contributed by atoms with van der Waals surface area (Å²) in [4.78, 5) is 36.5. The molecule has 1 unspecified atom stereocenters. The first-order valence-electron chi connectivity index (χ1n) is 12.3. The summed E-state index contributed by atoms with van der Waals surface area (Å²) >= 11 is 0. The molecule has 2 aromatic carbocycles. The Morgan fingerprint density at radius 2 is 1.60 bits per heavy atom. The van der Waals surface area contributed by atoms with E-state index in [1.165, 1.54) is 11.1 Å². The van der Waals surface area contributed by atoms with E-state index in [1.807, 2.05) is 30.3 Å². The fourth-order valence-electron chi connectivity index (χ4n) is 5.64. The zero-order valence-corrected chi connectivity index (χ0v) is 19.5. The Morgan fingerprint density at radius 1 is 0.914 bits per heavy atom. The first-order valence-corrected chi connectivity index (χ1v) is 12.3. The van der Waals surface area contributed by atoms with Crippen LogP contribution in [0.4, 0.5) is 4.79 Å². The standard InChI is InChI=1S/C28H30N2O5/c31-26(29-19-7-5-6-18(15-19)27(32)33)17-12-13-20(14-17)30-28(34)35-16-25-23-10-3-1-8-21(23)22-9-2-4-11-24(22)25/h1-4,8-12,18-20,25H,5-7,13-16H2,(H,29,31)(H,30,34)(H,32,33)/t18-,19+,20?/m0/s1. The Hall–Kier alpha value is -3.61. The van der Waals surface area contributed by atoms with Gasteiger partial charge in [-0.3, -0.25) is 9.59 Å². The van der Waals surface area contributed by atoms with E-state index in [2.05, 4.69) is 34.9 Å². The number of ether oxygens (including phenoxy) is 1. The topological polar surface area (TPSA) is 105 Å². The fraction of sp³-hybridized carbons (Fsp3) is 0.393. The lowest BCUT2D eigenvalue weighted by Crippen LogP contribution is -2.41. The van der Waals surface area contributed by atoms with Crippen molar-refractivity contribution in [3.05, 3.63) is 71.3 Å². The van der Waals surface area contributed by atoms with Gasteiger partial charge in [-0.1, -0.05) is 61.0 Å². The van der Waals surface area contributed by atoms with Crippen molar-refractivity contribution in [2.24, 2.45) is 5.92 Å². The minimum absolute atomic E-state index is 0.00122. The molecule has 182 valence electrons. The molecule has 7 nitrogen and oxygen atoms in total. The van der Waals surface area contributed by atoms with Gasteiger partial charge in [0.2, 0.25) is 5.91 Å². The lowest BCUT2D eigenvalue weighted by molar-refractivity contribution is -0.143.